The molecule has 6 heteroatoms. The van der Waals surface area contributed by atoms with Crippen molar-refractivity contribution in [3.63, 3.8) is 0 Å². The van der Waals surface area contributed by atoms with Crippen LogP contribution in [0.2, 0.25) is 18.1 Å². The minimum atomic E-state index is -1.82. The Kier molecular flexibility index (Phi) is 6.58. The van der Waals surface area contributed by atoms with E-state index in [-0.39, 0.29) is 23.5 Å². The van der Waals surface area contributed by atoms with E-state index in [2.05, 4.69) is 46.5 Å². The molecule has 0 aromatic heterocycles. The summed E-state index contributed by atoms with van der Waals surface area (Å²) < 4.78 is 29.7. The molecular weight excluding hydrogens is 384 g/mol. The lowest BCUT2D eigenvalue weighted by Crippen LogP contribution is -2.44. The van der Waals surface area contributed by atoms with Gasteiger partial charge in [0, 0.05) is 11.1 Å². The summed E-state index contributed by atoms with van der Waals surface area (Å²) in [5, 5.41) is 0.168. The molecule has 1 aromatic carbocycles. The van der Waals surface area contributed by atoms with Crippen molar-refractivity contribution in [3.8, 4) is 5.75 Å². The Bertz CT molecular complexity index is 748. The van der Waals surface area contributed by atoms with E-state index in [1.54, 1.807) is 7.11 Å². The fourth-order valence-corrected chi connectivity index (χ4v) is 4.01. The predicted molar refractivity (Wildman–Crippen MR) is 116 cm³/mol. The summed E-state index contributed by atoms with van der Waals surface area (Å²) in [4.78, 5) is 0. The zero-order valence-electron chi connectivity index (χ0n) is 18.5. The predicted octanol–water partition coefficient (Wildman–Crippen LogP) is 5.36. The van der Waals surface area contributed by atoms with Gasteiger partial charge in [-0.1, -0.05) is 39.5 Å². The Hall–Kier alpha value is -1.60. The molecule has 0 N–H and O–H groups in total. The summed E-state index contributed by atoms with van der Waals surface area (Å²) in [5.74, 6) is 1.62. The normalized spacial score (nSPS) is 24.9. The van der Waals surface area contributed by atoms with Crippen LogP contribution in [0, 0.1) is 0 Å². The van der Waals surface area contributed by atoms with Gasteiger partial charge in [-0.15, -0.1) is 0 Å². The molecule has 160 valence electrons. The van der Waals surface area contributed by atoms with Crippen LogP contribution in [0.25, 0.3) is 0 Å². The molecule has 0 radical (unpaired) electrons. The van der Waals surface area contributed by atoms with E-state index < -0.39 is 8.32 Å². The van der Waals surface area contributed by atoms with Gasteiger partial charge in [-0.3, -0.25) is 0 Å². The Morgan fingerprint density at radius 2 is 1.86 bits per heavy atom. The molecule has 0 bridgehead atoms. The van der Waals surface area contributed by atoms with Gasteiger partial charge in [-0.2, -0.15) is 0 Å². The highest BCUT2D eigenvalue weighted by atomic mass is 28.4. The van der Waals surface area contributed by atoms with Crippen molar-refractivity contribution in [2.24, 2.45) is 0 Å². The Morgan fingerprint density at radius 1 is 1.17 bits per heavy atom. The van der Waals surface area contributed by atoms with E-state index in [4.69, 9.17) is 23.4 Å². The van der Waals surface area contributed by atoms with E-state index in [1.165, 1.54) is 0 Å². The molecule has 0 amide bonds. The second-order valence-electron chi connectivity index (χ2n) is 9.23. The third-order valence-corrected chi connectivity index (χ3v) is 10.6. The molecule has 1 fully saturated rings. The van der Waals surface area contributed by atoms with E-state index in [0.29, 0.717) is 13.2 Å². The van der Waals surface area contributed by atoms with Gasteiger partial charge in [0.25, 0.3) is 0 Å². The molecule has 1 saturated heterocycles. The number of fused-ring (bicyclic) bond motifs is 1. The van der Waals surface area contributed by atoms with Crippen molar-refractivity contribution >= 4 is 8.32 Å². The molecule has 1 aromatic rings. The average Bonchev–Trinajstić information content (AvgIpc) is 2.70. The lowest BCUT2D eigenvalue weighted by atomic mass is 10.0. The van der Waals surface area contributed by atoms with Gasteiger partial charge in [0.05, 0.1) is 20.3 Å². The van der Waals surface area contributed by atoms with Gasteiger partial charge in [0.1, 0.15) is 23.7 Å². The summed E-state index contributed by atoms with van der Waals surface area (Å²) in [6.45, 7) is 16.4. The molecule has 2 aliphatic rings. The van der Waals surface area contributed by atoms with Crippen molar-refractivity contribution in [3.05, 3.63) is 53.8 Å². The number of hydrogen-bond acceptors (Lipinski definition) is 5. The van der Waals surface area contributed by atoms with Gasteiger partial charge in [-0.25, -0.2) is 0 Å². The van der Waals surface area contributed by atoms with Crippen LogP contribution in [-0.2, 0) is 18.6 Å². The Balaban J connectivity index is 1.57. The van der Waals surface area contributed by atoms with Crippen LogP contribution in [0.3, 0.4) is 0 Å². The van der Waals surface area contributed by atoms with E-state index in [9.17, 15) is 0 Å². The third-order valence-electron chi connectivity index (χ3n) is 6.09. The van der Waals surface area contributed by atoms with E-state index in [0.717, 1.165) is 29.1 Å². The lowest BCUT2D eigenvalue weighted by molar-refractivity contribution is -0.261. The molecule has 0 aliphatic carbocycles. The highest BCUT2D eigenvalue weighted by Crippen LogP contribution is 2.38. The minimum absolute atomic E-state index is 0.0336. The molecule has 5 nitrogen and oxygen atoms in total. The number of ether oxygens (including phenoxy) is 4. The van der Waals surface area contributed by atoms with Crippen LogP contribution in [0.15, 0.2) is 48.3 Å². The molecule has 2 aliphatic heterocycles. The molecule has 2 heterocycles. The highest BCUT2D eigenvalue weighted by molar-refractivity contribution is 6.74. The first-order valence-corrected chi connectivity index (χ1v) is 13.1. The summed E-state index contributed by atoms with van der Waals surface area (Å²) in [7, 11) is -0.167. The van der Waals surface area contributed by atoms with Gasteiger partial charge < -0.3 is 23.4 Å². The molecular formula is C23H34O5Si. The van der Waals surface area contributed by atoms with Crippen LogP contribution in [0.1, 0.15) is 39.0 Å². The second kappa shape index (κ2) is 8.64. The van der Waals surface area contributed by atoms with Gasteiger partial charge in [-0.05, 0) is 42.8 Å². The Morgan fingerprint density at radius 3 is 2.48 bits per heavy atom. The molecule has 29 heavy (non-hydrogen) atoms. The maximum atomic E-state index is 6.28. The average molecular weight is 419 g/mol. The second-order valence-corrected chi connectivity index (χ2v) is 14.0. The largest absolute Gasteiger partial charge is 0.497 e. The minimum Gasteiger partial charge on any atom is -0.497 e. The quantitative estimate of drug-likeness (QED) is 0.582. The molecule has 0 saturated carbocycles. The van der Waals surface area contributed by atoms with Crippen molar-refractivity contribution in [1.82, 2.24) is 0 Å². The number of rotatable bonds is 6. The maximum absolute atomic E-state index is 6.28. The fraction of sp³-hybridized carbons (Fsp3) is 0.565. The number of benzene rings is 1. The van der Waals surface area contributed by atoms with Crippen LogP contribution in [0.5, 0.6) is 5.75 Å². The van der Waals surface area contributed by atoms with Crippen molar-refractivity contribution in [1.29, 1.82) is 0 Å². The Labute approximate surface area is 175 Å². The molecule has 0 unspecified atom stereocenters. The maximum Gasteiger partial charge on any atom is 0.192 e. The summed E-state index contributed by atoms with van der Waals surface area (Å²) in [6.07, 6.45) is 2.29. The topological polar surface area (TPSA) is 46.2 Å². The molecule has 3 rings (SSSR count). The van der Waals surface area contributed by atoms with E-state index in [1.807, 2.05) is 24.3 Å². The molecule has 3 atom stereocenters. The fourth-order valence-electron chi connectivity index (χ4n) is 3.05. The van der Waals surface area contributed by atoms with Crippen LogP contribution < -0.4 is 4.74 Å². The lowest BCUT2D eigenvalue weighted by Gasteiger charge is -2.40. The zero-order valence-corrected chi connectivity index (χ0v) is 19.5. The number of hydrogen-bond donors (Lipinski definition) is 0. The van der Waals surface area contributed by atoms with Crippen molar-refractivity contribution in [2.45, 2.75) is 63.8 Å². The van der Waals surface area contributed by atoms with Gasteiger partial charge in [0.15, 0.2) is 14.6 Å². The monoisotopic (exact) mass is 418 g/mol. The third kappa shape index (κ3) is 5.12. The standard InChI is InChI=1S/C23H34O5Si/c1-16(14-26-29(6,7)23(2,3)4)19-12-13-20-21(27-19)15-25-22(28-20)17-8-10-18(24-5)11-9-17/h8-12,20-22H,1,13-15H2,2-7H3/t20-,21+,22+/m0/s1. The summed E-state index contributed by atoms with van der Waals surface area (Å²) in [6, 6.07) is 7.76. The van der Waals surface area contributed by atoms with Crippen molar-refractivity contribution in [2.75, 3.05) is 20.3 Å². The van der Waals surface area contributed by atoms with E-state index >= 15 is 0 Å². The van der Waals surface area contributed by atoms with Crippen LogP contribution >= 0.6 is 0 Å². The first-order valence-electron chi connectivity index (χ1n) is 10.2. The smallest absolute Gasteiger partial charge is 0.192 e. The van der Waals surface area contributed by atoms with Gasteiger partial charge in [0.2, 0.25) is 0 Å². The summed E-state index contributed by atoms with van der Waals surface area (Å²) >= 11 is 0. The number of methoxy groups -OCH3 is 1. The molecule has 0 spiro atoms. The van der Waals surface area contributed by atoms with Gasteiger partial charge >= 0.3 is 0 Å². The highest BCUT2D eigenvalue weighted by Gasteiger charge is 2.39. The van der Waals surface area contributed by atoms with Crippen LogP contribution in [-0.4, -0.2) is 40.8 Å². The zero-order chi connectivity index (χ0) is 21.2. The first kappa shape index (κ1) is 22.1. The SMILES string of the molecule is C=C(CO[Si](C)(C)C(C)(C)C)C1=CC[C@@H]2O[C@H](c3ccc(OC)cc3)OC[C@H]2O1. The van der Waals surface area contributed by atoms with Crippen molar-refractivity contribution < 1.29 is 23.4 Å². The van der Waals surface area contributed by atoms with Crippen LogP contribution in [0.4, 0.5) is 0 Å². The first-order chi connectivity index (χ1) is 13.6. The summed E-state index contributed by atoms with van der Waals surface area (Å²) in [5.41, 5.74) is 1.86.